The molecular formula is C26H36F2N4O3S. The molecule has 0 atom stereocenters. The fraction of sp³-hybridized carbons (Fsp3) is 0.615. The Morgan fingerprint density at radius 1 is 0.972 bits per heavy atom. The Morgan fingerprint density at radius 2 is 1.58 bits per heavy atom. The van der Waals surface area contributed by atoms with E-state index in [1.165, 1.54) is 16.4 Å². The van der Waals surface area contributed by atoms with Gasteiger partial charge in [-0.2, -0.15) is 0 Å². The van der Waals surface area contributed by atoms with Crippen LogP contribution in [0.2, 0.25) is 0 Å². The van der Waals surface area contributed by atoms with Crippen LogP contribution in [-0.4, -0.2) is 61.2 Å². The van der Waals surface area contributed by atoms with E-state index in [9.17, 15) is 17.2 Å². The molecule has 0 saturated carbocycles. The predicted molar refractivity (Wildman–Crippen MR) is 136 cm³/mol. The maximum absolute atomic E-state index is 14.8. The second-order valence-corrected chi connectivity index (χ2v) is 11.9. The van der Waals surface area contributed by atoms with Gasteiger partial charge in [-0.25, -0.2) is 31.5 Å². The number of nitrogens with zero attached hydrogens (tertiary/aromatic N) is 4. The minimum absolute atomic E-state index is 0.0749. The van der Waals surface area contributed by atoms with Crippen LogP contribution in [0.3, 0.4) is 0 Å². The van der Waals surface area contributed by atoms with Crippen molar-refractivity contribution in [2.24, 2.45) is 5.92 Å². The molecule has 3 heterocycles. The second kappa shape index (κ2) is 11.8. The normalized spacial score (nSPS) is 18.5. The van der Waals surface area contributed by atoms with Crippen molar-refractivity contribution in [2.45, 2.75) is 58.3 Å². The van der Waals surface area contributed by atoms with Crippen LogP contribution in [0.5, 0.6) is 5.75 Å². The van der Waals surface area contributed by atoms with E-state index in [-0.39, 0.29) is 29.9 Å². The van der Waals surface area contributed by atoms with Crippen LogP contribution in [0, 0.1) is 17.6 Å². The van der Waals surface area contributed by atoms with Crippen molar-refractivity contribution in [1.29, 1.82) is 0 Å². The summed E-state index contributed by atoms with van der Waals surface area (Å²) in [4.78, 5) is 11.0. The van der Waals surface area contributed by atoms with E-state index in [1.54, 1.807) is 0 Å². The zero-order valence-corrected chi connectivity index (χ0v) is 21.9. The third-order valence-corrected chi connectivity index (χ3v) is 9.34. The quantitative estimate of drug-likeness (QED) is 0.482. The molecule has 10 heteroatoms. The van der Waals surface area contributed by atoms with Gasteiger partial charge in [0.2, 0.25) is 16.0 Å². The van der Waals surface area contributed by atoms with E-state index >= 15 is 0 Å². The van der Waals surface area contributed by atoms with E-state index < -0.39 is 21.7 Å². The number of piperidine rings is 2. The summed E-state index contributed by atoms with van der Waals surface area (Å²) < 4.78 is 61.3. The van der Waals surface area contributed by atoms with E-state index in [0.717, 1.165) is 37.9 Å². The van der Waals surface area contributed by atoms with E-state index in [4.69, 9.17) is 4.74 Å². The molecule has 2 aliphatic heterocycles. The lowest BCUT2D eigenvalue weighted by Crippen LogP contribution is -2.39. The monoisotopic (exact) mass is 522 g/mol. The average molecular weight is 523 g/mol. The van der Waals surface area contributed by atoms with Crippen molar-refractivity contribution in [2.75, 3.05) is 43.4 Å². The number of aryl methyl sites for hydroxylation is 1. The fourth-order valence-corrected chi connectivity index (χ4v) is 6.54. The first kappa shape index (κ1) is 26.7. The molecule has 0 radical (unpaired) electrons. The van der Waals surface area contributed by atoms with Crippen molar-refractivity contribution in [3.05, 3.63) is 47.3 Å². The first-order valence-corrected chi connectivity index (χ1v) is 14.6. The predicted octanol–water partition coefficient (Wildman–Crippen LogP) is 4.53. The molecule has 1 aromatic heterocycles. The number of rotatable bonds is 9. The third-order valence-electron chi connectivity index (χ3n) is 7.26. The van der Waals surface area contributed by atoms with Crippen molar-refractivity contribution >= 4 is 16.0 Å². The molecular weight excluding hydrogens is 486 g/mol. The molecule has 0 aliphatic carbocycles. The highest BCUT2D eigenvalue weighted by Gasteiger charge is 2.29. The molecule has 0 unspecified atom stereocenters. The van der Waals surface area contributed by atoms with Gasteiger partial charge in [0.05, 0.1) is 12.4 Å². The van der Waals surface area contributed by atoms with Crippen LogP contribution in [-0.2, 0) is 16.4 Å². The molecule has 0 bridgehead atoms. The standard InChI is InChI=1S/C26H36F2N4O3S/c1-3-13-36(33,34)32-11-7-21(8-12-32)22-14-23(27)25(24(28)15-22)35-18-20-5-9-31(10-6-20)26-29-16-19(4-2)17-30-26/h14-17,20-21H,3-13,18H2,1-2H3. The van der Waals surface area contributed by atoms with Gasteiger partial charge >= 0.3 is 0 Å². The highest BCUT2D eigenvalue weighted by Crippen LogP contribution is 2.34. The lowest BCUT2D eigenvalue weighted by molar-refractivity contribution is 0.206. The summed E-state index contributed by atoms with van der Waals surface area (Å²) in [6, 6.07) is 2.69. The number of anilines is 1. The highest BCUT2D eigenvalue weighted by atomic mass is 32.2. The molecule has 2 saturated heterocycles. The van der Waals surface area contributed by atoms with Crippen LogP contribution < -0.4 is 9.64 Å². The minimum atomic E-state index is -3.25. The zero-order valence-electron chi connectivity index (χ0n) is 21.1. The Bertz CT molecular complexity index is 1090. The number of benzene rings is 1. The number of sulfonamides is 1. The largest absolute Gasteiger partial charge is 0.487 e. The highest BCUT2D eigenvalue weighted by molar-refractivity contribution is 7.89. The summed E-state index contributed by atoms with van der Waals surface area (Å²) in [5.74, 6) is -0.763. The average Bonchev–Trinajstić information content (AvgIpc) is 2.88. The van der Waals surface area contributed by atoms with Crippen LogP contribution in [0.25, 0.3) is 0 Å². The summed E-state index contributed by atoms with van der Waals surface area (Å²) >= 11 is 0. The van der Waals surface area contributed by atoms with Gasteiger partial charge in [0.1, 0.15) is 0 Å². The van der Waals surface area contributed by atoms with Gasteiger partial charge in [-0.05, 0) is 73.6 Å². The summed E-state index contributed by atoms with van der Waals surface area (Å²) in [6.45, 7) is 6.46. The molecule has 2 aliphatic rings. The van der Waals surface area contributed by atoms with Crippen LogP contribution >= 0.6 is 0 Å². The molecule has 2 aromatic rings. The van der Waals surface area contributed by atoms with Gasteiger partial charge in [0.15, 0.2) is 17.4 Å². The van der Waals surface area contributed by atoms with Crippen molar-refractivity contribution in [3.8, 4) is 5.75 Å². The lowest BCUT2D eigenvalue weighted by Gasteiger charge is -2.32. The number of ether oxygens (including phenoxy) is 1. The molecule has 1 aromatic carbocycles. The number of hydrogen-bond acceptors (Lipinski definition) is 6. The van der Waals surface area contributed by atoms with E-state index in [2.05, 4.69) is 21.8 Å². The van der Waals surface area contributed by atoms with Gasteiger partial charge < -0.3 is 9.64 Å². The van der Waals surface area contributed by atoms with Crippen LogP contribution in [0.4, 0.5) is 14.7 Å². The Morgan fingerprint density at radius 3 is 2.14 bits per heavy atom. The van der Waals surface area contributed by atoms with Gasteiger partial charge in [-0.3, -0.25) is 0 Å². The summed E-state index contributed by atoms with van der Waals surface area (Å²) in [7, 11) is -3.25. The summed E-state index contributed by atoms with van der Waals surface area (Å²) in [5, 5.41) is 0. The first-order chi connectivity index (χ1) is 17.3. The fourth-order valence-electron chi connectivity index (χ4n) is 5.00. The molecule has 0 spiro atoms. The second-order valence-electron chi connectivity index (χ2n) is 9.79. The smallest absolute Gasteiger partial charge is 0.225 e. The van der Waals surface area contributed by atoms with Crippen molar-refractivity contribution in [1.82, 2.24) is 14.3 Å². The Hall–Kier alpha value is -2.33. The molecule has 198 valence electrons. The molecule has 0 amide bonds. The van der Waals surface area contributed by atoms with E-state index in [0.29, 0.717) is 43.9 Å². The van der Waals surface area contributed by atoms with Gasteiger partial charge in [0.25, 0.3) is 0 Å². The van der Waals surface area contributed by atoms with Crippen LogP contribution in [0.1, 0.15) is 63.0 Å². The van der Waals surface area contributed by atoms with Gasteiger partial charge in [-0.15, -0.1) is 0 Å². The maximum Gasteiger partial charge on any atom is 0.225 e. The topological polar surface area (TPSA) is 75.6 Å². The Kier molecular flexibility index (Phi) is 8.77. The lowest BCUT2D eigenvalue weighted by atomic mass is 9.90. The number of aromatic nitrogens is 2. The van der Waals surface area contributed by atoms with Crippen molar-refractivity contribution < 1.29 is 21.9 Å². The SMILES string of the molecule is CCCS(=O)(=O)N1CCC(c2cc(F)c(OCC3CCN(c4ncc(CC)cn4)CC3)c(F)c2)CC1. The Balaban J connectivity index is 1.29. The summed E-state index contributed by atoms with van der Waals surface area (Å²) in [6.07, 6.45) is 7.93. The van der Waals surface area contributed by atoms with E-state index in [1.807, 2.05) is 19.3 Å². The third kappa shape index (κ3) is 6.32. The van der Waals surface area contributed by atoms with Gasteiger partial charge in [-0.1, -0.05) is 13.8 Å². The van der Waals surface area contributed by atoms with Crippen molar-refractivity contribution in [3.63, 3.8) is 0 Å². The van der Waals surface area contributed by atoms with Gasteiger partial charge in [0, 0.05) is 38.6 Å². The number of halogens is 2. The molecule has 36 heavy (non-hydrogen) atoms. The zero-order chi connectivity index (χ0) is 25.7. The molecule has 4 rings (SSSR count). The number of hydrogen-bond donors (Lipinski definition) is 0. The maximum atomic E-state index is 14.8. The first-order valence-electron chi connectivity index (χ1n) is 13.0. The summed E-state index contributed by atoms with van der Waals surface area (Å²) in [5.41, 5.74) is 1.66. The molecule has 0 N–H and O–H groups in total. The Labute approximate surface area is 212 Å². The minimum Gasteiger partial charge on any atom is -0.487 e. The molecule has 2 fully saturated rings. The molecule has 7 nitrogen and oxygen atoms in total. The van der Waals surface area contributed by atoms with Crippen LogP contribution in [0.15, 0.2) is 24.5 Å².